The molecule has 1 aliphatic heterocycles. The molecule has 0 spiro atoms. The minimum Gasteiger partial charge on any atom is -0.493 e. The number of amides is 3. The van der Waals surface area contributed by atoms with Crippen LogP contribution in [0.2, 0.25) is 0 Å². The molecule has 0 aliphatic carbocycles. The standard InChI is InChI=1S/C23H23F2N3O5S/c1-27(2)16-6-4-5-15(13-16)20(29)26-9-10-28-21(30)19(34-23(28)31)12-14-7-8-17(33-22(24)25)18(11-14)32-3/h4-8,11-13,22H,9-10H2,1-3H3,(H,26,29)/b19-12-. The summed E-state index contributed by atoms with van der Waals surface area (Å²) in [6.45, 7) is -2.91. The number of imide groups is 1. The van der Waals surface area contributed by atoms with Crippen LogP contribution >= 0.6 is 11.8 Å². The Hall–Kier alpha value is -3.60. The minimum absolute atomic E-state index is 0.00556. The lowest BCUT2D eigenvalue weighted by Gasteiger charge is -2.15. The molecule has 0 aromatic heterocycles. The summed E-state index contributed by atoms with van der Waals surface area (Å²) in [6.07, 6.45) is 1.46. The number of hydrogen-bond donors (Lipinski definition) is 1. The quantitative estimate of drug-likeness (QED) is 0.534. The first-order valence-corrected chi connectivity index (χ1v) is 10.9. The van der Waals surface area contributed by atoms with Crippen LogP contribution in [0.25, 0.3) is 6.08 Å². The van der Waals surface area contributed by atoms with Gasteiger partial charge in [-0.25, -0.2) is 0 Å². The molecule has 0 bridgehead atoms. The SMILES string of the molecule is COc1cc(/C=C2\SC(=O)N(CCNC(=O)c3cccc(N(C)C)c3)C2=O)ccc1OC(F)F. The molecule has 1 aliphatic rings. The molecule has 0 unspecified atom stereocenters. The maximum Gasteiger partial charge on any atom is 0.387 e. The number of carbonyl (C=O) groups excluding carboxylic acids is 3. The largest absolute Gasteiger partial charge is 0.493 e. The third-order valence-corrected chi connectivity index (χ3v) is 5.73. The van der Waals surface area contributed by atoms with Gasteiger partial charge in [0, 0.05) is 38.4 Å². The van der Waals surface area contributed by atoms with Crippen LogP contribution in [0.15, 0.2) is 47.4 Å². The van der Waals surface area contributed by atoms with Crippen molar-refractivity contribution in [3.8, 4) is 11.5 Å². The van der Waals surface area contributed by atoms with Crippen molar-refractivity contribution in [2.45, 2.75) is 6.61 Å². The number of halogens is 2. The van der Waals surface area contributed by atoms with E-state index in [2.05, 4.69) is 10.1 Å². The lowest BCUT2D eigenvalue weighted by atomic mass is 10.2. The Labute approximate surface area is 199 Å². The van der Waals surface area contributed by atoms with Crippen molar-refractivity contribution in [1.29, 1.82) is 0 Å². The number of methoxy groups -OCH3 is 1. The number of ether oxygens (including phenoxy) is 2. The van der Waals surface area contributed by atoms with Crippen molar-refractivity contribution in [3.63, 3.8) is 0 Å². The zero-order valence-corrected chi connectivity index (χ0v) is 19.5. The molecule has 3 rings (SSSR count). The Bertz CT molecular complexity index is 1120. The van der Waals surface area contributed by atoms with Crippen molar-refractivity contribution in [3.05, 3.63) is 58.5 Å². The second-order valence-corrected chi connectivity index (χ2v) is 8.32. The number of rotatable bonds is 9. The summed E-state index contributed by atoms with van der Waals surface area (Å²) in [5.41, 5.74) is 1.81. The fourth-order valence-electron chi connectivity index (χ4n) is 3.12. The number of thioether (sulfide) groups is 1. The van der Waals surface area contributed by atoms with Crippen LogP contribution in [-0.2, 0) is 4.79 Å². The molecule has 8 nitrogen and oxygen atoms in total. The van der Waals surface area contributed by atoms with Crippen LogP contribution in [0.4, 0.5) is 19.3 Å². The summed E-state index contributed by atoms with van der Waals surface area (Å²) in [5.74, 6) is -0.904. The Morgan fingerprint density at radius 3 is 2.62 bits per heavy atom. The third kappa shape index (κ3) is 6.04. The first-order chi connectivity index (χ1) is 16.2. The smallest absolute Gasteiger partial charge is 0.387 e. The molecule has 2 aromatic carbocycles. The summed E-state index contributed by atoms with van der Waals surface area (Å²) >= 11 is 0.754. The summed E-state index contributed by atoms with van der Waals surface area (Å²) < 4.78 is 34.4. The highest BCUT2D eigenvalue weighted by molar-refractivity contribution is 8.18. The van der Waals surface area contributed by atoms with Gasteiger partial charge in [-0.05, 0) is 53.7 Å². The van der Waals surface area contributed by atoms with E-state index in [1.807, 2.05) is 25.1 Å². The van der Waals surface area contributed by atoms with Gasteiger partial charge in [0.05, 0.1) is 12.0 Å². The predicted octanol–water partition coefficient (Wildman–Crippen LogP) is 3.83. The molecular weight excluding hydrogens is 468 g/mol. The van der Waals surface area contributed by atoms with Gasteiger partial charge in [0.25, 0.3) is 17.1 Å². The molecule has 1 N–H and O–H groups in total. The molecule has 3 amide bonds. The van der Waals surface area contributed by atoms with Gasteiger partial charge < -0.3 is 19.7 Å². The molecule has 34 heavy (non-hydrogen) atoms. The van der Waals surface area contributed by atoms with Gasteiger partial charge in [-0.15, -0.1) is 0 Å². The number of benzene rings is 2. The number of carbonyl (C=O) groups is 3. The Kier molecular flexibility index (Phi) is 8.11. The van der Waals surface area contributed by atoms with Gasteiger partial charge in [0.15, 0.2) is 11.5 Å². The number of alkyl halides is 2. The van der Waals surface area contributed by atoms with E-state index >= 15 is 0 Å². The van der Waals surface area contributed by atoms with E-state index in [1.54, 1.807) is 18.2 Å². The second-order valence-electron chi connectivity index (χ2n) is 7.32. The predicted molar refractivity (Wildman–Crippen MR) is 125 cm³/mol. The zero-order chi connectivity index (χ0) is 24.8. The van der Waals surface area contributed by atoms with Crippen LogP contribution in [-0.4, -0.2) is 62.9 Å². The molecule has 0 atom stereocenters. The topological polar surface area (TPSA) is 88.2 Å². The van der Waals surface area contributed by atoms with Crippen molar-refractivity contribution < 1.29 is 32.6 Å². The first-order valence-electron chi connectivity index (χ1n) is 10.1. The highest BCUT2D eigenvalue weighted by atomic mass is 32.2. The van der Waals surface area contributed by atoms with Gasteiger partial charge in [-0.3, -0.25) is 19.3 Å². The average Bonchev–Trinajstić information content (AvgIpc) is 3.06. The highest BCUT2D eigenvalue weighted by Gasteiger charge is 2.34. The van der Waals surface area contributed by atoms with Crippen LogP contribution in [0.5, 0.6) is 11.5 Å². The summed E-state index contributed by atoms with van der Waals surface area (Å²) in [4.78, 5) is 40.5. The van der Waals surface area contributed by atoms with Gasteiger partial charge in [-0.1, -0.05) is 12.1 Å². The Morgan fingerprint density at radius 2 is 1.94 bits per heavy atom. The van der Waals surface area contributed by atoms with Crippen molar-refractivity contribution in [2.24, 2.45) is 0 Å². The van der Waals surface area contributed by atoms with E-state index < -0.39 is 17.8 Å². The lowest BCUT2D eigenvalue weighted by Crippen LogP contribution is -2.37. The number of anilines is 1. The second kappa shape index (κ2) is 11.0. The maximum absolute atomic E-state index is 12.7. The molecule has 11 heteroatoms. The molecule has 180 valence electrons. The molecule has 2 aromatic rings. The molecule has 1 saturated heterocycles. The van der Waals surface area contributed by atoms with Crippen LogP contribution in [0.1, 0.15) is 15.9 Å². The summed E-state index contributed by atoms with van der Waals surface area (Å²) in [6, 6.07) is 11.2. The zero-order valence-electron chi connectivity index (χ0n) is 18.7. The van der Waals surface area contributed by atoms with E-state index in [1.165, 1.54) is 31.4 Å². The summed E-state index contributed by atoms with van der Waals surface area (Å²) in [5, 5.41) is 2.24. The molecule has 1 fully saturated rings. The normalized spacial score (nSPS) is 14.6. The molecular formula is C23H23F2N3O5S. The number of hydrogen-bond acceptors (Lipinski definition) is 7. The van der Waals surface area contributed by atoms with Gasteiger partial charge in [0.2, 0.25) is 0 Å². The number of nitrogens with one attached hydrogen (secondary N) is 1. The maximum atomic E-state index is 12.7. The van der Waals surface area contributed by atoms with E-state index in [4.69, 9.17) is 4.74 Å². The van der Waals surface area contributed by atoms with E-state index in [9.17, 15) is 23.2 Å². The molecule has 0 saturated carbocycles. The van der Waals surface area contributed by atoms with Crippen LogP contribution in [0.3, 0.4) is 0 Å². The third-order valence-electron chi connectivity index (χ3n) is 4.82. The summed E-state index contributed by atoms with van der Waals surface area (Å²) in [7, 11) is 5.04. The van der Waals surface area contributed by atoms with E-state index in [-0.39, 0.29) is 35.4 Å². The molecule has 1 heterocycles. The van der Waals surface area contributed by atoms with Crippen molar-refractivity contribution in [2.75, 3.05) is 39.2 Å². The fourth-order valence-corrected chi connectivity index (χ4v) is 3.99. The lowest BCUT2D eigenvalue weighted by molar-refractivity contribution is -0.122. The monoisotopic (exact) mass is 491 g/mol. The van der Waals surface area contributed by atoms with Crippen LogP contribution < -0.4 is 19.7 Å². The fraction of sp³-hybridized carbons (Fsp3) is 0.261. The Balaban J connectivity index is 1.63. The Morgan fingerprint density at radius 1 is 1.18 bits per heavy atom. The molecule has 0 radical (unpaired) electrons. The van der Waals surface area contributed by atoms with Crippen LogP contribution in [0, 0.1) is 0 Å². The van der Waals surface area contributed by atoms with Crippen molar-refractivity contribution in [1.82, 2.24) is 10.2 Å². The van der Waals surface area contributed by atoms with Gasteiger partial charge in [-0.2, -0.15) is 8.78 Å². The van der Waals surface area contributed by atoms with Crippen molar-refractivity contribution >= 4 is 40.6 Å². The van der Waals surface area contributed by atoms with E-state index in [0.29, 0.717) is 11.1 Å². The van der Waals surface area contributed by atoms with Gasteiger partial charge >= 0.3 is 6.61 Å². The number of nitrogens with zero attached hydrogens (tertiary/aromatic N) is 2. The first kappa shape index (κ1) is 25.0. The van der Waals surface area contributed by atoms with Gasteiger partial charge in [0.1, 0.15) is 0 Å². The highest BCUT2D eigenvalue weighted by Crippen LogP contribution is 2.34. The minimum atomic E-state index is -3.01. The average molecular weight is 492 g/mol. The van der Waals surface area contributed by atoms with E-state index in [0.717, 1.165) is 22.3 Å².